The van der Waals surface area contributed by atoms with Gasteiger partial charge in [-0.3, -0.25) is 13.8 Å². The van der Waals surface area contributed by atoms with Crippen LogP contribution in [0.25, 0.3) is 0 Å². The standard InChI is InChI=1S/C67H131N2O6P/c1-6-8-10-12-14-16-18-20-21-22-23-24-25-26-27-28-29-30-31-32-33-34-35-36-37-38-39-40-41-42-43-44-45-46-47-49-51-53-55-57-59-61-67(71)68-65(64-75-76(72,73)74-63-62-69(3,4)5)66(70)60-58-56-54-52-50-48-19-17-15-13-11-9-7-2/h22-23,50,52,58,60,65-66,70H,6-21,24-49,51,53-57,59,61-64H2,1-5H3,(H-,68,71,72,73)/p+1/b23-22-,52-50+,60-58+. The van der Waals surface area contributed by atoms with Crippen LogP contribution in [0.2, 0.25) is 0 Å². The Morgan fingerprint density at radius 2 is 0.724 bits per heavy atom. The van der Waals surface area contributed by atoms with E-state index in [2.05, 4.69) is 43.5 Å². The molecule has 0 aliphatic heterocycles. The Morgan fingerprint density at radius 3 is 1.05 bits per heavy atom. The van der Waals surface area contributed by atoms with Gasteiger partial charge >= 0.3 is 7.82 Å². The number of unbranched alkanes of at least 4 members (excludes halogenated alkanes) is 45. The Balaban J connectivity index is 3.82. The Morgan fingerprint density at radius 1 is 0.434 bits per heavy atom. The number of carbonyl (C=O) groups excluding carboxylic acids is 1. The summed E-state index contributed by atoms with van der Waals surface area (Å²) in [6.45, 7) is 4.81. The molecule has 0 bridgehead atoms. The van der Waals surface area contributed by atoms with E-state index in [-0.39, 0.29) is 19.1 Å². The van der Waals surface area contributed by atoms with Gasteiger partial charge in [-0.2, -0.15) is 0 Å². The summed E-state index contributed by atoms with van der Waals surface area (Å²) in [6.07, 6.45) is 77.5. The fourth-order valence-corrected chi connectivity index (χ4v) is 10.9. The Bertz CT molecular complexity index is 1330. The van der Waals surface area contributed by atoms with E-state index in [0.717, 1.165) is 38.5 Å². The van der Waals surface area contributed by atoms with Gasteiger partial charge < -0.3 is 19.8 Å². The van der Waals surface area contributed by atoms with Crippen LogP contribution in [-0.2, 0) is 18.4 Å². The third kappa shape index (κ3) is 60.4. The van der Waals surface area contributed by atoms with Crippen LogP contribution in [0.4, 0.5) is 0 Å². The van der Waals surface area contributed by atoms with Gasteiger partial charge in [-0.25, -0.2) is 4.57 Å². The molecular formula is C67H132N2O6P+. The minimum absolute atomic E-state index is 0.0580. The van der Waals surface area contributed by atoms with Crippen molar-refractivity contribution in [3.63, 3.8) is 0 Å². The smallest absolute Gasteiger partial charge is 0.387 e. The van der Waals surface area contributed by atoms with Gasteiger partial charge in [-0.15, -0.1) is 0 Å². The van der Waals surface area contributed by atoms with Gasteiger partial charge in [0.05, 0.1) is 39.9 Å². The molecule has 0 aromatic heterocycles. The van der Waals surface area contributed by atoms with Crippen molar-refractivity contribution in [2.75, 3.05) is 40.9 Å². The molecule has 0 saturated carbocycles. The largest absolute Gasteiger partial charge is 0.472 e. The number of aliphatic hydroxyl groups excluding tert-OH is 1. The van der Waals surface area contributed by atoms with Gasteiger partial charge in [0.25, 0.3) is 0 Å². The van der Waals surface area contributed by atoms with Crippen molar-refractivity contribution in [2.24, 2.45) is 0 Å². The number of amides is 1. The highest BCUT2D eigenvalue weighted by Gasteiger charge is 2.28. The number of allylic oxidation sites excluding steroid dienone is 5. The third-order valence-electron chi connectivity index (χ3n) is 15.3. The Kier molecular flexibility index (Phi) is 57.4. The fourth-order valence-electron chi connectivity index (χ4n) is 10.1. The molecule has 0 saturated heterocycles. The number of aliphatic hydroxyl groups is 1. The zero-order valence-corrected chi connectivity index (χ0v) is 52.4. The molecule has 450 valence electrons. The predicted octanol–water partition coefficient (Wildman–Crippen LogP) is 20.9. The van der Waals surface area contributed by atoms with Gasteiger partial charge in [0.1, 0.15) is 13.2 Å². The second-order valence-corrected chi connectivity index (χ2v) is 25.6. The lowest BCUT2D eigenvalue weighted by molar-refractivity contribution is -0.870. The van der Waals surface area contributed by atoms with Crippen LogP contribution in [0.3, 0.4) is 0 Å². The highest BCUT2D eigenvalue weighted by Crippen LogP contribution is 2.43. The zero-order chi connectivity index (χ0) is 55.6. The van der Waals surface area contributed by atoms with Crippen molar-refractivity contribution in [2.45, 2.75) is 347 Å². The molecule has 3 unspecified atom stereocenters. The highest BCUT2D eigenvalue weighted by molar-refractivity contribution is 7.47. The first-order valence-electron chi connectivity index (χ1n) is 33.4. The van der Waals surface area contributed by atoms with Gasteiger partial charge in [-0.1, -0.05) is 307 Å². The van der Waals surface area contributed by atoms with E-state index in [9.17, 15) is 19.4 Å². The fraction of sp³-hybridized carbons (Fsp3) is 0.896. The lowest BCUT2D eigenvalue weighted by Crippen LogP contribution is -2.45. The minimum atomic E-state index is -4.35. The van der Waals surface area contributed by atoms with Crippen molar-refractivity contribution in [3.8, 4) is 0 Å². The third-order valence-corrected chi connectivity index (χ3v) is 16.3. The molecule has 76 heavy (non-hydrogen) atoms. The number of carbonyl (C=O) groups is 1. The van der Waals surface area contributed by atoms with Crippen LogP contribution in [0.15, 0.2) is 36.5 Å². The number of likely N-dealkylation sites (N-methyl/N-ethyl adjacent to an activating group) is 1. The molecule has 0 spiro atoms. The number of hydrogen-bond donors (Lipinski definition) is 3. The minimum Gasteiger partial charge on any atom is -0.387 e. The normalized spacial score (nSPS) is 13.9. The monoisotopic (exact) mass is 1090 g/mol. The highest BCUT2D eigenvalue weighted by atomic mass is 31.2. The van der Waals surface area contributed by atoms with Crippen molar-refractivity contribution >= 4 is 13.7 Å². The van der Waals surface area contributed by atoms with Gasteiger partial charge in [0.15, 0.2) is 0 Å². The summed E-state index contributed by atoms with van der Waals surface area (Å²) in [5, 5.41) is 13.9. The van der Waals surface area contributed by atoms with Crippen LogP contribution in [-0.4, -0.2) is 73.4 Å². The van der Waals surface area contributed by atoms with E-state index >= 15 is 0 Å². The molecule has 3 N–H and O–H groups in total. The second-order valence-electron chi connectivity index (χ2n) is 24.2. The van der Waals surface area contributed by atoms with E-state index in [0.29, 0.717) is 17.4 Å². The topological polar surface area (TPSA) is 105 Å². The predicted molar refractivity (Wildman–Crippen MR) is 332 cm³/mol. The first-order valence-corrected chi connectivity index (χ1v) is 34.9. The van der Waals surface area contributed by atoms with Crippen LogP contribution in [0.1, 0.15) is 335 Å². The summed E-state index contributed by atoms with van der Waals surface area (Å²) in [6, 6.07) is -0.860. The molecule has 0 aromatic rings. The van der Waals surface area contributed by atoms with E-state index < -0.39 is 20.0 Å². The van der Waals surface area contributed by atoms with Crippen LogP contribution < -0.4 is 5.32 Å². The summed E-state index contributed by atoms with van der Waals surface area (Å²) in [5.74, 6) is -0.182. The number of quaternary nitrogens is 1. The van der Waals surface area contributed by atoms with Crippen LogP contribution in [0.5, 0.6) is 0 Å². The molecule has 0 heterocycles. The summed E-state index contributed by atoms with van der Waals surface area (Å²) in [7, 11) is 1.57. The Labute approximate surface area is 474 Å². The SMILES string of the molecule is CCCCCCCCC/C=C/CC/C=C/C(O)C(COP(=O)(O)OCC[N+](C)(C)C)NC(=O)CCCCCCCCCCCCCCCCCCCCCCCCCCCCCCC/C=C\CCCCCCCCCC. The number of phosphoric ester groups is 1. The summed E-state index contributed by atoms with van der Waals surface area (Å²) >= 11 is 0. The van der Waals surface area contributed by atoms with E-state index in [1.165, 1.54) is 276 Å². The molecule has 8 nitrogen and oxygen atoms in total. The first kappa shape index (κ1) is 74.7. The van der Waals surface area contributed by atoms with Crippen molar-refractivity contribution in [3.05, 3.63) is 36.5 Å². The maximum absolute atomic E-state index is 13.0. The average molecular weight is 1090 g/mol. The quantitative estimate of drug-likeness (QED) is 0.0243. The maximum Gasteiger partial charge on any atom is 0.472 e. The summed E-state index contributed by atoms with van der Waals surface area (Å²) < 4.78 is 23.7. The average Bonchev–Trinajstić information content (AvgIpc) is 3.38. The summed E-state index contributed by atoms with van der Waals surface area (Å²) in [5.41, 5.74) is 0. The number of nitrogens with one attached hydrogen (secondary N) is 1. The lowest BCUT2D eigenvalue weighted by atomic mass is 10.0. The van der Waals surface area contributed by atoms with Gasteiger partial charge in [0.2, 0.25) is 5.91 Å². The molecule has 3 atom stereocenters. The molecule has 0 radical (unpaired) electrons. The molecule has 1 amide bonds. The zero-order valence-electron chi connectivity index (χ0n) is 51.5. The maximum atomic E-state index is 13.0. The molecule has 0 aliphatic carbocycles. The molecule has 0 aromatic carbocycles. The van der Waals surface area contributed by atoms with E-state index in [1.54, 1.807) is 6.08 Å². The summed E-state index contributed by atoms with van der Waals surface area (Å²) in [4.78, 5) is 23.3. The van der Waals surface area contributed by atoms with Crippen LogP contribution in [0, 0.1) is 0 Å². The van der Waals surface area contributed by atoms with Crippen LogP contribution >= 0.6 is 7.82 Å². The number of rotatable bonds is 62. The van der Waals surface area contributed by atoms with Crippen molar-refractivity contribution < 1.29 is 32.9 Å². The molecule has 9 heteroatoms. The number of phosphoric acid groups is 1. The molecular weight excluding hydrogens is 960 g/mol. The van der Waals surface area contributed by atoms with Gasteiger partial charge in [-0.05, 0) is 57.8 Å². The second kappa shape index (κ2) is 58.4. The van der Waals surface area contributed by atoms with Crippen molar-refractivity contribution in [1.82, 2.24) is 5.32 Å². The Hall–Kier alpha value is -1.28. The lowest BCUT2D eigenvalue weighted by Gasteiger charge is -2.25. The van der Waals surface area contributed by atoms with Crippen molar-refractivity contribution in [1.29, 1.82) is 0 Å². The van der Waals surface area contributed by atoms with Gasteiger partial charge in [0, 0.05) is 6.42 Å². The molecule has 0 rings (SSSR count). The number of hydrogen-bond acceptors (Lipinski definition) is 5. The number of nitrogens with zero attached hydrogens (tertiary/aromatic N) is 1. The van der Waals surface area contributed by atoms with E-state index in [1.807, 2.05) is 27.2 Å². The molecule has 0 fully saturated rings. The first-order chi connectivity index (χ1) is 37.0. The van der Waals surface area contributed by atoms with E-state index in [4.69, 9.17) is 9.05 Å². The molecule has 0 aliphatic rings.